The van der Waals surface area contributed by atoms with Crippen LogP contribution in [0.3, 0.4) is 0 Å². The second kappa shape index (κ2) is 8.26. The highest BCUT2D eigenvalue weighted by molar-refractivity contribution is 6.14. The maximum Gasteiger partial charge on any atom is 0.313 e. The molecule has 1 aliphatic heterocycles. The number of ketones is 1. The lowest BCUT2D eigenvalue weighted by Gasteiger charge is -2.12. The molecule has 0 bridgehead atoms. The van der Waals surface area contributed by atoms with Gasteiger partial charge < -0.3 is 23.7 Å². The molecule has 0 saturated carbocycles. The third-order valence-corrected chi connectivity index (χ3v) is 4.35. The first-order chi connectivity index (χ1) is 13.9. The number of hydrogen-bond acceptors (Lipinski definition) is 7. The van der Waals surface area contributed by atoms with Gasteiger partial charge >= 0.3 is 5.97 Å². The van der Waals surface area contributed by atoms with E-state index in [1.54, 1.807) is 44.2 Å². The van der Waals surface area contributed by atoms with Crippen molar-refractivity contribution in [3.05, 3.63) is 47.2 Å². The molecule has 0 N–H and O–H groups in total. The summed E-state index contributed by atoms with van der Waals surface area (Å²) in [6.45, 7) is 3.49. The predicted molar refractivity (Wildman–Crippen MR) is 106 cm³/mol. The number of benzene rings is 2. The number of fused-ring (bicyclic) bond motifs is 1. The second-order valence-corrected chi connectivity index (χ2v) is 6.62. The first-order valence-corrected chi connectivity index (χ1v) is 8.98. The van der Waals surface area contributed by atoms with Crippen LogP contribution < -0.4 is 23.7 Å². The molecule has 1 aliphatic rings. The Bertz CT molecular complexity index is 989. The molecule has 0 radical (unpaired) electrons. The predicted octanol–water partition coefficient (Wildman–Crippen LogP) is 3.89. The van der Waals surface area contributed by atoms with Gasteiger partial charge in [-0.1, -0.05) is 13.8 Å². The Kier molecular flexibility index (Phi) is 5.77. The van der Waals surface area contributed by atoms with Crippen molar-refractivity contribution in [3.8, 4) is 28.7 Å². The van der Waals surface area contributed by atoms with Gasteiger partial charge in [0, 0.05) is 17.7 Å². The zero-order chi connectivity index (χ0) is 21.1. The van der Waals surface area contributed by atoms with Crippen molar-refractivity contribution in [3.63, 3.8) is 0 Å². The van der Waals surface area contributed by atoms with Gasteiger partial charge in [0.1, 0.15) is 17.2 Å². The van der Waals surface area contributed by atoms with Gasteiger partial charge in [-0.2, -0.15) is 0 Å². The Morgan fingerprint density at radius 1 is 0.966 bits per heavy atom. The van der Waals surface area contributed by atoms with Gasteiger partial charge in [0.15, 0.2) is 17.3 Å². The van der Waals surface area contributed by atoms with E-state index >= 15 is 0 Å². The molecule has 0 spiro atoms. The average Bonchev–Trinajstić information content (AvgIpc) is 3.02. The molecule has 0 fully saturated rings. The van der Waals surface area contributed by atoms with E-state index in [2.05, 4.69) is 0 Å². The molecule has 2 aromatic carbocycles. The van der Waals surface area contributed by atoms with Crippen molar-refractivity contribution >= 4 is 17.8 Å². The number of rotatable bonds is 6. The molecule has 7 heteroatoms. The lowest BCUT2D eigenvalue weighted by Crippen LogP contribution is -2.14. The first kappa shape index (κ1) is 20.3. The lowest BCUT2D eigenvalue weighted by atomic mass is 10.1. The largest absolute Gasteiger partial charge is 0.496 e. The summed E-state index contributed by atoms with van der Waals surface area (Å²) in [5.74, 6) is 1.36. The van der Waals surface area contributed by atoms with Crippen LogP contribution in [0, 0.1) is 5.92 Å². The highest BCUT2D eigenvalue weighted by Gasteiger charge is 2.28. The van der Waals surface area contributed by atoms with Crippen molar-refractivity contribution in [1.82, 2.24) is 0 Å². The normalized spacial score (nSPS) is 13.9. The third-order valence-electron chi connectivity index (χ3n) is 4.35. The molecule has 3 rings (SSSR count). The Labute approximate surface area is 168 Å². The zero-order valence-electron chi connectivity index (χ0n) is 16.9. The van der Waals surface area contributed by atoms with Crippen LogP contribution in [-0.2, 0) is 4.79 Å². The summed E-state index contributed by atoms with van der Waals surface area (Å²) < 4.78 is 27.0. The molecule has 152 valence electrons. The molecular weight excluding hydrogens is 376 g/mol. The monoisotopic (exact) mass is 398 g/mol. The standard InChI is InChI=1S/C22H22O7/c1-12(2)22(24)28-14-6-7-15-17(10-14)29-20(21(15)23)9-13-8-18(26-4)19(27-5)11-16(13)25-3/h6-12H,1-5H3. The Morgan fingerprint density at radius 3 is 2.24 bits per heavy atom. The van der Waals surface area contributed by atoms with Crippen LogP contribution in [-0.4, -0.2) is 33.1 Å². The van der Waals surface area contributed by atoms with E-state index in [1.165, 1.54) is 27.4 Å². The molecular formula is C22H22O7. The summed E-state index contributed by atoms with van der Waals surface area (Å²) in [5.41, 5.74) is 0.979. The Balaban J connectivity index is 1.93. The SMILES string of the molecule is COc1cc(OC)c(OC)cc1C=C1Oc2cc(OC(=O)C(C)C)ccc2C1=O. The molecule has 29 heavy (non-hydrogen) atoms. The highest BCUT2D eigenvalue weighted by atomic mass is 16.5. The van der Waals surface area contributed by atoms with Crippen LogP contribution >= 0.6 is 0 Å². The van der Waals surface area contributed by atoms with Crippen LogP contribution in [0.4, 0.5) is 0 Å². The van der Waals surface area contributed by atoms with Crippen molar-refractivity contribution in [1.29, 1.82) is 0 Å². The molecule has 0 atom stereocenters. The highest BCUT2D eigenvalue weighted by Crippen LogP contribution is 2.39. The van der Waals surface area contributed by atoms with E-state index in [0.717, 1.165) is 0 Å². The van der Waals surface area contributed by atoms with Crippen LogP contribution in [0.5, 0.6) is 28.7 Å². The first-order valence-electron chi connectivity index (χ1n) is 8.98. The summed E-state index contributed by atoms with van der Waals surface area (Å²) in [6, 6.07) is 8.04. The van der Waals surface area contributed by atoms with Crippen LogP contribution in [0.1, 0.15) is 29.8 Å². The summed E-state index contributed by atoms with van der Waals surface area (Å²) in [4.78, 5) is 24.5. The molecule has 0 amide bonds. The van der Waals surface area contributed by atoms with E-state index in [1.807, 2.05) is 0 Å². The third kappa shape index (κ3) is 4.03. The average molecular weight is 398 g/mol. The number of carbonyl (C=O) groups is 2. The number of carbonyl (C=O) groups excluding carboxylic acids is 2. The summed E-state index contributed by atoms with van der Waals surface area (Å²) in [6.07, 6.45) is 1.57. The maximum absolute atomic E-state index is 12.7. The quantitative estimate of drug-likeness (QED) is 0.415. The minimum atomic E-state index is -0.361. The van der Waals surface area contributed by atoms with E-state index in [0.29, 0.717) is 39.9 Å². The fourth-order valence-electron chi connectivity index (χ4n) is 2.77. The Morgan fingerprint density at radius 2 is 1.62 bits per heavy atom. The zero-order valence-corrected chi connectivity index (χ0v) is 16.9. The minimum Gasteiger partial charge on any atom is -0.496 e. The number of allylic oxidation sites excluding steroid dienone is 1. The van der Waals surface area contributed by atoms with Gasteiger partial charge in [-0.25, -0.2) is 0 Å². The van der Waals surface area contributed by atoms with Gasteiger partial charge in [-0.15, -0.1) is 0 Å². The number of Topliss-reactive ketones (excluding diaryl/α,β-unsaturated/α-hetero) is 1. The number of ether oxygens (including phenoxy) is 5. The Hall–Kier alpha value is -3.48. The molecule has 0 aromatic heterocycles. The van der Waals surface area contributed by atoms with Gasteiger partial charge in [0.25, 0.3) is 0 Å². The van der Waals surface area contributed by atoms with E-state index in [4.69, 9.17) is 23.7 Å². The number of hydrogen-bond donors (Lipinski definition) is 0. The summed E-state index contributed by atoms with van der Waals surface area (Å²) >= 11 is 0. The van der Waals surface area contributed by atoms with Crippen molar-refractivity contribution in [2.24, 2.45) is 5.92 Å². The molecule has 0 saturated heterocycles. The fraction of sp³-hybridized carbons (Fsp3) is 0.273. The fourth-order valence-corrected chi connectivity index (χ4v) is 2.77. The van der Waals surface area contributed by atoms with Crippen molar-refractivity contribution in [2.75, 3.05) is 21.3 Å². The molecule has 0 unspecified atom stereocenters. The second-order valence-electron chi connectivity index (χ2n) is 6.62. The molecule has 7 nitrogen and oxygen atoms in total. The smallest absolute Gasteiger partial charge is 0.313 e. The van der Waals surface area contributed by atoms with Gasteiger partial charge in [-0.3, -0.25) is 9.59 Å². The van der Waals surface area contributed by atoms with E-state index in [-0.39, 0.29) is 23.4 Å². The van der Waals surface area contributed by atoms with Gasteiger partial charge in [-0.05, 0) is 24.3 Å². The van der Waals surface area contributed by atoms with E-state index in [9.17, 15) is 9.59 Å². The van der Waals surface area contributed by atoms with Crippen LogP contribution in [0.15, 0.2) is 36.1 Å². The number of esters is 1. The van der Waals surface area contributed by atoms with Crippen LogP contribution in [0.25, 0.3) is 6.08 Å². The van der Waals surface area contributed by atoms with Gasteiger partial charge in [0.05, 0.1) is 32.8 Å². The minimum absolute atomic E-state index is 0.123. The molecule has 1 heterocycles. The number of methoxy groups -OCH3 is 3. The van der Waals surface area contributed by atoms with Crippen molar-refractivity contribution < 1.29 is 33.3 Å². The maximum atomic E-state index is 12.7. The van der Waals surface area contributed by atoms with E-state index < -0.39 is 0 Å². The van der Waals surface area contributed by atoms with Gasteiger partial charge in [0.2, 0.25) is 5.78 Å². The summed E-state index contributed by atoms with van der Waals surface area (Å²) in [7, 11) is 4.57. The topological polar surface area (TPSA) is 80.3 Å². The lowest BCUT2D eigenvalue weighted by molar-refractivity contribution is -0.137. The molecule has 0 aliphatic carbocycles. The molecule has 2 aromatic rings. The van der Waals surface area contributed by atoms with Crippen LogP contribution in [0.2, 0.25) is 0 Å². The summed E-state index contributed by atoms with van der Waals surface area (Å²) in [5, 5.41) is 0. The van der Waals surface area contributed by atoms with Crippen molar-refractivity contribution in [2.45, 2.75) is 13.8 Å².